The average molecular weight is 2260 g/mol. The number of nitrogens with zero attached hydrogens (tertiary/aromatic N) is 8. The number of halogens is 4. The van der Waals surface area contributed by atoms with E-state index in [4.69, 9.17) is 68.6 Å². The molecule has 4 saturated carbocycles. The van der Waals surface area contributed by atoms with Crippen LogP contribution in [0.15, 0.2) is 209 Å². The normalized spacial score (nSPS) is 18.9. The van der Waals surface area contributed by atoms with Crippen molar-refractivity contribution in [1.82, 2.24) is 19.6 Å². The molecule has 4 saturated heterocycles. The molecule has 34 heteroatoms. The second kappa shape index (κ2) is 49.4. The van der Waals surface area contributed by atoms with E-state index in [0.29, 0.717) is 56.9 Å². The molecule has 0 aromatic heterocycles. The van der Waals surface area contributed by atoms with Crippen LogP contribution in [-0.2, 0) is 33.6 Å². The third-order valence-corrected chi connectivity index (χ3v) is 27.5. The Balaban J connectivity index is 0.000000170. The van der Waals surface area contributed by atoms with E-state index in [9.17, 15) is 39.6 Å². The molecule has 0 atom stereocenters. The van der Waals surface area contributed by atoms with Gasteiger partial charge in [0.1, 0.15) is 0 Å². The Labute approximate surface area is 814 Å². The van der Waals surface area contributed by atoms with Crippen molar-refractivity contribution in [3.8, 4) is 46.0 Å². The van der Waals surface area contributed by atoms with Gasteiger partial charge in [0.05, 0.1) is 85.1 Å². The molecular weight excluding hydrogens is 2160 g/mol. The zero-order valence-electron chi connectivity index (χ0n) is 70.9. The largest absolute Gasteiger partial charge is 0.504 e. The number of para-hydroxylation sites is 4. The first-order chi connectivity index (χ1) is 61.4. The Bertz CT molecular complexity index is 4910. The average Bonchev–Trinajstić information content (AvgIpc) is 1.66. The number of phenolic OH excluding ortho intramolecular Hbond substituents is 4. The van der Waals surface area contributed by atoms with Crippen LogP contribution < -0.4 is 18.9 Å². The van der Waals surface area contributed by atoms with Gasteiger partial charge in [-0.3, -0.25) is 53.2 Å². The van der Waals surface area contributed by atoms with Crippen LogP contribution >= 0.6 is 137 Å². The quantitative estimate of drug-likeness (QED) is 0.0349. The lowest BCUT2D eigenvalue weighted by Crippen LogP contribution is -2.37. The van der Waals surface area contributed by atoms with Crippen molar-refractivity contribution in [2.45, 2.75) is 148 Å². The van der Waals surface area contributed by atoms with E-state index >= 15 is 0 Å². The number of carbonyl (C=O) groups is 7. The number of amidine groups is 4. The summed E-state index contributed by atoms with van der Waals surface area (Å²) in [5.41, 5.74) is 6.61. The first-order valence-electron chi connectivity index (χ1n) is 40.8. The number of aliphatic imine (C=N–C) groups is 4. The molecule has 672 valence electrons. The highest BCUT2D eigenvalue weighted by Crippen LogP contribution is 2.47. The summed E-state index contributed by atoms with van der Waals surface area (Å²) in [5, 5.41) is 65.5. The zero-order chi connectivity index (χ0) is 92.3. The molecule has 0 bridgehead atoms. The number of hydrogen-bond donors (Lipinski definition) is 7. The van der Waals surface area contributed by atoms with Crippen LogP contribution in [0, 0.1) is 14.3 Å². The molecular formula is C94H96I4N8O18S4. The number of benzene rings is 8. The van der Waals surface area contributed by atoms with Crippen molar-refractivity contribution < 1.29 is 88.3 Å². The van der Waals surface area contributed by atoms with Gasteiger partial charge in [0.25, 0.3) is 41.5 Å². The van der Waals surface area contributed by atoms with Crippen molar-refractivity contribution in [2.75, 3.05) is 28.4 Å². The number of carboxylic acid groups (broad SMARTS) is 3. The number of rotatable bonds is 16. The van der Waals surface area contributed by atoms with Gasteiger partial charge < -0.3 is 54.7 Å². The van der Waals surface area contributed by atoms with Gasteiger partial charge in [0.2, 0.25) is 0 Å². The summed E-state index contributed by atoms with van der Waals surface area (Å²) in [6.07, 6.45) is 24.7. The Morgan fingerprint density at radius 3 is 0.641 bits per heavy atom. The van der Waals surface area contributed by atoms with Gasteiger partial charge in [-0.25, -0.2) is 20.0 Å². The summed E-state index contributed by atoms with van der Waals surface area (Å²) >= 11 is 13.9. The smallest absolute Gasteiger partial charge is 0.300 e. The van der Waals surface area contributed by atoms with E-state index < -0.39 is 17.9 Å². The molecule has 8 fully saturated rings. The molecule has 8 aromatic rings. The van der Waals surface area contributed by atoms with E-state index in [1.165, 1.54) is 75.5 Å². The Morgan fingerprint density at radius 2 is 0.484 bits per heavy atom. The second-order valence-electron chi connectivity index (χ2n) is 29.6. The van der Waals surface area contributed by atoms with Gasteiger partial charge in [-0.1, -0.05) is 124 Å². The first-order valence-corrected chi connectivity index (χ1v) is 48.4. The molecule has 4 aliphatic carbocycles. The monoisotopic (exact) mass is 2260 g/mol. The Hall–Kier alpha value is -9.59. The van der Waals surface area contributed by atoms with Crippen molar-refractivity contribution >= 4 is 247 Å². The fourth-order valence-corrected chi connectivity index (χ4v) is 21.3. The lowest BCUT2D eigenvalue weighted by Gasteiger charge is -2.22. The van der Waals surface area contributed by atoms with Crippen LogP contribution in [0.1, 0.15) is 146 Å². The van der Waals surface area contributed by atoms with Gasteiger partial charge in [0.15, 0.2) is 66.7 Å². The number of carbonyl (C=O) groups excluding carboxylic acids is 4. The number of hydrogen-bond acceptors (Lipinski definition) is 23. The van der Waals surface area contributed by atoms with Crippen LogP contribution in [0.2, 0.25) is 0 Å². The molecule has 4 amide bonds. The standard InChI is InChI=1S/4C22H21IN2O3S.3C2H4O2/c4*1-28-18-12-14(11-17(23)20(18)26)13-19-21(27)25(16-9-5-6-10-16)22(29-19)24-15-7-3-2-4-8-15;3*1-2(3)4/h4*2-4,7-8,11-13,16,26H,5-6,9-10H2,1H3;3*1H3,(H,3,4)/b4*19-13+,24-22?;;;. The first kappa shape index (κ1) is 101. The summed E-state index contributed by atoms with van der Waals surface area (Å²) in [5.74, 6) is -0.488. The van der Waals surface area contributed by atoms with Gasteiger partial charge in [0, 0.05) is 44.9 Å². The van der Waals surface area contributed by atoms with E-state index in [-0.39, 0.29) is 70.8 Å². The number of aromatic hydroxyl groups is 4. The molecule has 128 heavy (non-hydrogen) atoms. The van der Waals surface area contributed by atoms with Gasteiger partial charge >= 0.3 is 0 Å². The minimum absolute atomic E-state index is 0.00127. The highest BCUT2D eigenvalue weighted by molar-refractivity contribution is 14.1. The van der Waals surface area contributed by atoms with E-state index in [2.05, 4.69) is 90.4 Å². The summed E-state index contributed by atoms with van der Waals surface area (Å²) < 4.78 is 23.7. The van der Waals surface area contributed by atoms with Crippen LogP contribution in [0.5, 0.6) is 46.0 Å². The maximum Gasteiger partial charge on any atom is 0.300 e. The maximum absolute atomic E-state index is 13.3. The van der Waals surface area contributed by atoms with Crippen molar-refractivity contribution in [2.24, 2.45) is 20.0 Å². The fourth-order valence-electron chi connectivity index (χ4n) is 14.6. The van der Waals surface area contributed by atoms with Crippen LogP contribution in [-0.4, -0.2) is 170 Å². The molecule has 0 unspecified atom stereocenters. The van der Waals surface area contributed by atoms with E-state index in [1.54, 1.807) is 24.3 Å². The third kappa shape index (κ3) is 28.2. The topological polar surface area (TPSA) is 360 Å². The molecule has 0 radical (unpaired) electrons. The van der Waals surface area contributed by atoms with Crippen LogP contribution in [0.25, 0.3) is 24.3 Å². The van der Waals surface area contributed by atoms with Gasteiger partial charge in [-0.15, -0.1) is 0 Å². The highest BCUT2D eigenvalue weighted by Gasteiger charge is 2.44. The predicted octanol–water partition coefficient (Wildman–Crippen LogP) is 22.5. The van der Waals surface area contributed by atoms with E-state index in [0.717, 1.165) is 189 Å². The van der Waals surface area contributed by atoms with Crippen LogP contribution in [0.3, 0.4) is 0 Å². The zero-order valence-corrected chi connectivity index (χ0v) is 82.8. The summed E-state index contributed by atoms with van der Waals surface area (Å²) in [7, 11) is 6.07. The molecule has 4 heterocycles. The predicted molar refractivity (Wildman–Crippen MR) is 542 cm³/mol. The number of amides is 4. The van der Waals surface area contributed by atoms with Crippen molar-refractivity contribution in [3.63, 3.8) is 0 Å². The van der Waals surface area contributed by atoms with E-state index in [1.807, 2.05) is 189 Å². The molecule has 26 nitrogen and oxygen atoms in total. The molecule has 7 N–H and O–H groups in total. The van der Waals surface area contributed by atoms with Crippen molar-refractivity contribution in [1.29, 1.82) is 0 Å². The van der Waals surface area contributed by atoms with Crippen molar-refractivity contribution in [3.05, 3.63) is 226 Å². The van der Waals surface area contributed by atoms with Gasteiger partial charge in [-0.05, 0) is 332 Å². The highest BCUT2D eigenvalue weighted by atomic mass is 127. The Kier molecular flexibility index (Phi) is 38.8. The molecule has 8 aliphatic rings. The lowest BCUT2D eigenvalue weighted by atomic mass is 10.1. The number of aliphatic carboxylic acids is 3. The number of thioether (sulfide) groups is 4. The second-order valence-corrected chi connectivity index (χ2v) is 38.3. The molecule has 8 aromatic carbocycles. The lowest BCUT2D eigenvalue weighted by molar-refractivity contribution is -0.135. The minimum Gasteiger partial charge on any atom is -0.504 e. The summed E-state index contributed by atoms with van der Waals surface area (Å²) in [6, 6.07) is 54.1. The molecule has 4 aliphatic heterocycles. The number of methoxy groups -OCH3 is 4. The number of ether oxygens (including phenoxy) is 4. The fraction of sp³-hybridized carbons (Fsp3) is 0.287. The molecule has 16 rings (SSSR count). The SMILES string of the molecule is CC(=O)O.CC(=O)O.CC(=O)O.COc1cc(/C=C2/SC(=Nc3ccccc3)N(C3CCCC3)C2=O)cc(I)c1O.COc1cc(/C=C2/SC(=Nc3ccccc3)N(C3CCCC3)C2=O)cc(I)c1O.COc1cc(/C=C2/SC(=Nc3ccccc3)N(C3CCCC3)C2=O)cc(I)c1O.COc1cc(/C=C2/SC(=Nc3ccccc3)N(C3CCCC3)C2=O)cc(I)c1O. The summed E-state index contributed by atoms with van der Waals surface area (Å²) in [6.45, 7) is 3.25. The van der Waals surface area contributed by atoms with Gasteiger partial charge in [-0.2, -0.15) is 0 Å². The number of carboxylic acids is 3. The number of phenols is 4. The molecule has 0 spiro atoms. The maximum atomic E-state index is 13.3. The summed E-state index contributed by atoms with van der Waals surface area (Å²) in [4.78, 5) is 109. The minimum atomic E-state index is -0.833. The third-order valence-electron chi connectivity index (χ3n) is 20.3. The van der Waals surface area contributed by atoms with Crippen LogP contribution in [0.4, 0.5) is 22.7 Å². The Morgan fingerprint density at radius 1 is 0.320 bits per heavy atom.